The summed E-state index contributed by atoms with van der Waals surface area (Å²) in [6, 6.07) is 11.2. The van der Waals surface area contributed by atoms with E-state index in [2.05, 4.69) is 70.3 Å². The van der Waals surface area contributed by atoms with Crippen LogP contribution < -0.4 is 5.32 Å². The van der Waals surface area contributed by atoms with E-state index < -0.39 is 0 Å². The molecule has 0 aliphatic heterocycles. The second kappa shape index (κ2) is 6.20. The molecule has 1 aromatic rings. The molecule has 1 unspecified atom stereocenters. The molecule has 1 N–H and O–H groups in total. The van der Waals surface area contributed by atoms with Crippen LogP contribution in [0.4, 0.5) is 0 Å². The Morgan fingerprint density at radius 3 is 2.12 bits per heavy atom. The molecule has 0 saturated heterocycles. The molecular weight excluding hydrogens is 206 g/mol. The zero-order chi connectivity index (χ0) is 12.9. The predicted octanol–water partition coefficient (Wildman–Crippen LogP) is 4.41. The van der Waals surface area contributed by atoms with E-state index in [1.54, 1.807) is 0 Å². The molecule has 0 saturated carbocycles. The van der Waals surface area contributed by atoms with Crippen molar-refractivity contribution < 1.29 is 0 Å². The molecule has 1 atom stereocenters. The van der Waals surface area contributed by atoms with Crippen molar-refractivity contribution in [2.75, 3.05) is 6.54 Å². The molecule has 0 aliphatic carbocycles. The standard InChI is InChI=1S/C16H27N/c1-13(2)11-12-17-15(16(3,4)5)14-9-7-6-8-10-14/h6-10,13,15,17H,11-12H2,1-5H3. The summed E-state index contributed by atoms with van der Waals surface area (Å²) >= 11 is 0. The molecule has 1 heteroatoms. The molecule has 0 bridgehead atoms. The summed E-state index contributed by atoms with van der Waals surface area (Å²) in [5.41, 5.74) is 1.64. The highest BCUT2D eigenvalue weighted by atomic mass is 14.9. The number of hydrogen-bond acceptors (Lipinski definition) is 1. The fraction of sp³-hybridized carbons (Fsp3) is 0.625. The highest BCUT2D eigenvalue weighted by Gasteiger charge is 2.25. The first-order valence-corrected chi connectivity index (χ1v) is 6.69. The monoisotopic (exact) mass is 233 g/mol. The van der Waals surface area contributed by atoms with Crippen molar-refractivity contribution in [2.24, 2.45) is 11.3 Å². The molecule has 0 radical (unpaired) electrons. The molecule has 96 valence electrons. The maximum atomic E-state index is 3.71. The normalized spacial score (nSPS) is 14.0. The fourth-order valence-corrected chi connectivity index (χ4v) is 2.09. The average Bonchev–Trinajstić information content (AvgIpc) is 2.23. The van der Waals surface area contributed by atoms with Crippen LogP contribution in [-0.2, 0) is 0 Å². The van der Waals surface area contributed by atoms with Gasteiger partial charge in [0.25, 0.3) is 0 Å². The van der Waals surface area contributed by atoms with Crippen LogP contribution in [0.5, 0.6) is 0 Å². The summed E-state index contributed by atoms with van der Waals surface area (Å²) in [4.78, 5) is 0. The highest BCUT2D eigenvalue weighted by molar-refractivity contribution is 5.20. The topological polar surface area (TPSA) is 12.0 Å². The predicted molar refractivity (Wildman–Crippen MR) is 76.1 cm³/mol. The number of nitrogens with one attached hydrogen (secondary N) is 1. The Labute approximate surface area is 107 Å². The van der Waals surface area contributed by atoms with Gasteiger partial charge in [-0.2, -0.15) is 0 Å². The van der Waals surface area contributed by atoms with Gasteiger partial charge in [-0.25, -0.2) is 0 Å². The summed E-state index contributed by atoms with van der Waals surface area (Å²) in [5, 5.41) is 3.71. The van der Waals surface area contributed by atoms with Gasteiger partial charge >= 0.3 is 0 Å². The molecule has 17 heavy (non-hydrogen) atoms. The van der Waals surface area contributed by atoms with Gasteiger partial charge in [-0.15, -0.1) is 0 Å². The minimum absolute atomic E-state index is 0.248. The van der Waals surface area contributed by atoms with E-state index in [0.717, 1.165) is 12.5 Å². The van der Waals surface area contributed by atoms with Crippen molar-refractivity contribution in [1.29, 1.82) is 0 Å². The maximum Gasteiger partial charge on any atom is 0.0369 e. The minimum atomic E-state index is 0.248. The van der Waals surface area contributed by atoms with Crippen LogP contribution in [-0.4, -0.2) is 6.54 Å². The van der Waals surface area contributed by atoms with Gasteiger partial charge in [0.2, 0.25) is 0 Å². The number of rotatable bonds is 5. The van der Waals surface area contributed by atoms with Crippen molar-refractivity contribution in [3.8, 4) is 0 Å². The molecule has 1 rings (SSSR count). The lowest BCUT2D eigenvalue weighted by Crippen LogP contribution is -2.33. The highest BCUT2D eigenvalue weighted by Crippen LogP contribution is 2.32. The molecule has 1 aromatic carbocycles. The van der Waals surface area contributed by atoms with Gasteiger partial charge in [0, 0.05) is 6.04 Å². The van der Waals surface area contributed by atoms with E-state index in [9.17, 15) is 0 Å². The lowest BCUT2D eigenvalue weighted by Gasteiger charge is -2.32. The third-order valence-corrected chi connectivity index (χ3v) is 3.07. The van der Waals surface area contributed by atoms with Crippen LogP contribution in [0.2, 0.25) is 0 Å². The summed E-state index contributed by atoms with van der Waals surface area (Å²) in [6.07, 6.45) is 1.24. The van der Waals surface area contributed by atoms with Crippen LogP contribution in [0, 0.1) is 11.3 Å². The van der Waals surface area contributed by atoms with Crippen LogP contribution in [0.1, 0.15) is 52.6 Å². The largest absolute Gasteiger partial charge is 0.309 e. The van der Waals surface area contributed by atoms with E-state index >= 15 is 0 Å². The van der Waals surface area contributed by atoms with Crippen LogP contribution >= 0.6 is 0 Å². The van der Waals surface area contributed by atoms with Crippen molar-refractivity contribution in [2.45, 2.75) is 47.1 Å². The van der Waals surface area contributed by atoms with Gasteiger partial charge in [0.1, 0.15) is 0 Å². The van der Waals surface area contributed by atoms with E-state index in [4.69, 9.17) is 0 Å². The van der Waals surface area contributed by atoms with E-state index in [-0.39, 0.29) is 5.41 Å². The molecule has 0 spiro atoms. The molecule has 0 aliphatic rings. The third kappa shape index (κ3) is 4.91. The van der Waals surface area contributed by atoms with Crippen LogP contribution in [0.15, 0.2) is 30.3 Å². The molecule has 0 fully saturated rings. The zero-order valence-corrected chi connectivity index (χ0v) is 12.0. The van der Waals surface area contributed by atoms with Crippen LogP contribution in [0.25, 0.3) is 0 Å². The summed E-state index contributed by atoms with van der Waals surface area (Å²) in [7, 11) is 0. The van der Waals surface area contributed by atoms with Crippen molar-refractivity contribution in [1.82, 2.24) is 5.32 Å². The van der Waals surface area contributed by atoms with Crippen LogP contribution in [0.3, 0.4) is 0 Å². The zero-order valence-electron chi connectivity index (χ0n) is 12.0. The van der Waals surface area contributed by atoms with Crippen molar-refractivity contribution >= 4 is 0 Å². The molecule has 0 aromatic heterocycles. The Bertz CT molecular complexity index is 308. The Hall–Kier alpha value is -0.820. The molecule has 0 amide bonds. The van der Waals surface area contributed by atoms with E-state index in [1.165, 1.54) is 12.0 Å². The van der Waals surface area contributed by atoms with Gasteiger partial charge in [0.05, 0.1) is 0 Å². The quantitative estimate of drug-likeness (QED) is 0.794. The first kappa shape index (κ1) is 14.2. The minimum Gasteiger partial charge on any atom is -0.309 e. The molecular formula is C16H27N. The SMILES string of the molecule is CC(C)CCNC(c1ccccc1)C(C)(C)C. The molecule has 1 nitrogen and oxygen atoms in total. The van der Waals surface area contributed by atoms with Crippen molar-refractivity contribution in [3.63, 3.8) is 0 Å². The Balaban J connectivity index is 2.69. The number of hydrogen-bond donors (Lipinski definition) is 1. The molecule has 0 heterocycles. The van der Waals surface area contributed by atoms with Gasteiger partial charge in [0.15, 0.2) is 0 Å². The summed E-state index contributed by atoms with van der Waals surface area (Å²) < 4.78 is 0. The third-order valence-electron chi connectivity index (χ3n) is 3.07. The van der Waals surface area contributed by atoms with E-state index in [1.807, 2.05) is 0 Å². The van der Waals surface area contributed by atoms with E-state index in [0.29, 0.717) is 6.04 Å². The lowest BCUT2D eigenvalue weighted by molar-refractivity contribution is 0.268. The van der Waals surface area contributed by atoms with Gasteiger partial charge in [-0.05, 0) is 29.9 Å². The first-order valence-electron chi connectivity index (χ1n) is 6.69. The second-order valence-corrected chi connectivity index (χ2v) is 6.35. The lowest BCUT2D eigenvalue weighted by atomic mass is 9.82. The maximum absolute atomic E-state index is 3.71. The Morgan fingerprint density at radius 2 is 1.65 bits per heavy atom. The smallest absolute Gasteiger partial charge is 0.0369 e. The van der Waals surface area contributed by atoms with Gasteiger partial charge in [-0.3, -0.25) is 0 Å². The number of benzene rings is 1. The Kier molecular flexibility index (Phi) is 5.20. The van der Waals surface area contributed by atoms with Gasteiger partial charge in [-0.1, -0.05) is 65.0 Å². The summed E-state index contributed by atoms with van der Waals surface area (Å²) in [5.74, 6) is 0.763. The first-order chi connectivity index (χ1) is 7.91. The van der Waals surface area contributed by atoms with Crippen molar-refractivity contribution in [3.05, 3.63) is 35.9 Å². The second-order valence-electron chi connectivity index (χ2n) is 6.35. The average molecular weight is 233 g/mol. The summed E-state index contributed by atoms with van der Waals surface area (Å²) in [6.45, 7) is 12.5. The fourth-order valence-electron chi connectivity index (χ4n) is 2.09. The van der Waals surface area contributed by atoms with Gasteiger partial charge < -0.3 is 5.32 Å². The Morgan fingerprint density at radius 1 is 1.06 bits per heavy atom.